The van der Waals surface area contributed by atoms with Gasteiger partial charge in [-0.15, -0.1) is 0 Å². The first kappa shape index (κ1) is 13.4. The van der Waals surface area contributed by atoms with Crippen molar-refractivity contribution in [3.8, 4) is 22.9 Å². The van der Waals surface area contributed by atoms with Gasteiger partial charge in [-0.05, 0) is 18.2 Å². The Bertz CT molecular complexity index is 913. The Kier molecular flexibility index (Phi) is 2.85. The molecule has 0 unspecified atom stereocenters. The summed E-state index contributed by atoms with van der Waals surface area (Å²) in [4.78, 5) is 6.42. The lowest BCUT2D eigenvalue weighted by Crippen LogP contribution is -1.99. The average Bonchev–Trinajstić information content (AvgIpc) is 2.83. The van der Waals surface area contributed by atoms with Crippen molar-refractivity contribution in [1.82, 2.24) is 9.97 Å². The Morgan fingerprint density at radius 2 is 1.76 bits per heavy atom. The largest absolute Gasteiger partial charge is 0.507 e. The van der Waals surface area contributed by atoms with E-state index in [0.29, 0.717) is 5.52 Å². The van der Waals surface area contributed by atoms with Crippen molar-refractivity contribution >= 4 is 21.2 Å². The fraction of sp³-hybridized carbons (Fsp3) is 0. The van der Waals surface area contributed by atoms with E-state index in [1.165, 1.54) is 0 Å². The summed E-state index contributed by atoms with van der Waals surface area (Å²) in [5.74, 6) is -0.837. The molecule has 0 amide bonds. The quantitative estimate of drug-likeness (QED) is 0.423. The van der Waals surface area contributed by atoms with E-state index in [9.17, 15) is 18.6 Å². The number of H-pyrrole nitrogens is 1. The van der Waals surface area contributed by atoms with Gasteiger partial charge < -0.3 is 15.2 Å². The highest BCUT2D eigenvalue weighted by Crippen LogP contribution is 2.36. The lowest BCUT2D eigenvalue weighted by Gasteiger charge is -2.06. The van der Waals surface area contributed by atoms with Crippen LogP contribution in [0.3, 0.4) is 0 Å². The standard InChI is InChI=1S/C13H10N2O5S/c16-10-6-12(21(18,19)20)11(17)5-7(10)13-14-8-3-1-2-4-9(8)15-13/h1-6,16-17H,(H,14,15)(H,18,19,20). The topological polar surface area (TPSA) is 124 Å². The van der Waals surface area contributed by atoms with Crippen LogP contribution in [0.4, 0.5) is 0 Å². The van der Waals surface area contributed by atoms with Crippen LogP contribution in [-0.2, 0) is 10.1 Å². The molecular weight excluding hydrogens is 296 g/mol. The highest BCUT2D eigenvalue weighted by molar-refractivity contribution is 7.86. The van der Waals surface area contributed by atoms with E-state index in [2.05, 4.69) is 9.97 Å². The van der Waals surface area contributed by atoms with Gasteiger partial charge in [0, 0.05) is 6.07 Å². The van der Waals surface area contributed by atoms with E-state index >= 15 is 0 Å². The number of aromatic amines is 1. The van der Waals surface area contributed by atoms with Gasteiger partial charge in [-0.1, -0.05) is 12.1 Å². The van der Waals surface area contributed by atoms with Gasteiger partial charge in [0.1, 0.15) is 22.2 Å². The number of aromatic hydroxyl groups is 2. The van der Waals surface area contributed by atoms with Gasteiger partial charge in [-0.25, -0.2) is 4.98 Å². The lowest BCUT2D eigenvalue weighted by atomic mass is 10.2. The van der Waals surface area contributed by atoms with Crippen molar-refractivity contribution in [3.63, 3.8) is 0 Å². The van der Waals surface area contributed by atoms with Crippen molar-refractivity contribution in [1.29, 1.82) is 0 Å². The minimum atomic E-state index is -4.62. The number of nitrogens with one attached hydrogen (secondary N) is 1. The molecule has 8 heteroatoms. The fourth-order valence-corrected chi connectivity index (χ4v) is 2.62. The zero-order valence-electron chi connectivity index (χ0n) is 10.5. The lowest BCUT2D eigenvalue weighted by molar-refractivity contribution is 0.434. The van der Waals surface area contributed by atoms with Crippen molar-refractivity contribution in [3.05, 3.63) is 36.4 Å². The van der Waals surface area contributed by atoms with E-state index in [0.717, 1.165) is 17.6 Å². The normalized spacial score (nSPS) is 11.9. The first-order valence-electron chi connectivity index (χ1n) is 5.85. The maximum atomic E-state index is 11.1. The molecule has 0 fully saturated rings. The predicted molar refractivity (Wildman–Crippen MR) is 74.7 cm³/mol. The Morgan fingerprint density at radius 3 is 2.43 bits per heavy atom. The SMILES string of the molecule is O=S(=O)(O)c1cc(O)c(-c2nc3ccccc3[nH]2)cc1O. The third-order valence-electron chi connectivity index (χ3n) is 3.00. The maximum Gasteiger partial charge on any atom is 0.298 e. The molecule has 0 aliphatic rings. The van der Waals surface area contributed by atoms with Crippen LogP contribution in [0.1, 0.15) is 0 Å². The second-order valence-electron chi connectivity index (χ2n) is 4.41. The fourth-order valence-electron chi connectivity index (χ4n) is 2.03. The summed E-state index contributed by atoms with van der Waals surface area (Å²) in [6.45, 7) is 0. The van der Waals surface area contributed by atoms with Crippen LogP contribution >= 0.6 is 0 Å². The van der Waals surface area contributed by atoms with Crippen LogP contribution in [0.25, 0.3) is 22.4 Å². The zero-order valence-corrected chi connectivity index (χ0v) is 11.3. The minimum absolute atomic E-state index is 0.121. The monoisotopic (exact) mass is 306 g/mol. The molecule has 0 spiro atoms. The van der Waals surface area contributed by atoms with Crippen LogP contribution in [0, 0.1) is 0 Å². The van der Waals surface area contributed by atoms with Crippen LogP contribution < -0.4 is 0 Å². The van der Waals surface area contributed by atoms with Gasteiger partial charge in [0.25, 0.3) is 10.1 Å². The van der Waals surface area contributed by atoms with Crippen molar-refractivity contribution in [2.24, 2.45) is 0 Å². The molecule has 3 aromatic rings. The Morgan fingerprint density at radius 1 is 1.05 bits per heavy atom. The molecule has 2 aromatic carbocycles. The molecule has 108 valence electrons. The van der Waals surface area contributed by atoms with E-state index in [1.807, 2.05) is 6.07 Å². The Balaban J connectivity index is 2.21. The number of rotatable bonds is 2. The highest BCUT2D eigenvalue weighted by atomic mass is 32.2. The van der Waals surface area contributed by atoms with Gasteiger partial charge in [0.05, 0.1) is 16.6 Å². The molecule has 0 radical (unpaired) electrons. The summed E-state index contributed by atoms with van der Waals surface area (Å²) >= 11 is 0. The molecule has 0 saturated carbocycles. The number of fused-ring (bicyclic) bond motifs is 1. The summed E-state index contributed by atoms with van der Waals surface area (Å²) in [5.41, 5.74) is 1.51. The number of aromatic nitrogens is 2. The molecule has 4 N–H and O–H groups in total. The molecule has 0 saturated heterocycles. The number of phenols is 2. The smallest absolute Gasteiger partial charge is 0.298 e. The highest BCUT2D eigenvalue weighted by Gasteiger charge is 2.20. The number of nitrogens with zero attached hydrogens (tertiary/aromatic N) is 1. The molecule has 7 nitrogen and oxygen atoms in total. The molecular formula is C13H10N2O5S. The van der Waals surface area contributed by atoms with Crippen molar-refractivity contribution in [2.75, 3.05) is 0 Å². The van der Waals surface area contributed by atoms with Crippen LogP contribution in [0.2, 0.25) is 0 Å². The predicted octanol–water partition coefficient (Wildman–Crippen LogP) is 1.89. The number of phenolic OH excluding ortho intramolecular Hbond substituents is 2. The van der Waals surface area contributed by atoms with Crippen LogP contribution in [0.15, 0.2) is 41.3 Å². The number of imidazole rings is 1. The van der Waals surface area contributed by atoms with E-state index in [-0.39, 0.29) is 11.4 Å². The van der Waals surface area contributed by atoms with Gasteiger partial charge >= 0.3 is 0 Å². The number of hydrogen-bond donors (Lipinski definition) is 4. The van der Waals surface area contributed by atoms with E-state index in [1.54, 1.807) is 18.2 Å². The third-order valence-corrected chi connectivity index (χ3v) is 3.88. The summed E-state index contributed by atoms with van der Waals surface area (Å²) in [6.07, 6.45) is 0. The van der Waals surface area contributed by atoms with Crippen molar-refractivity contribution < 1.29 is 23.2 Å². The summed E-state index contributed by atoms with van der Waals surface area (Å²) in [5, 5.41) is 19.6. The second kappa shape index (κ2) is 4.47. The number of hydrogen-bond acceptors (Lipinski definition) is 5. The summed E-state index contributed by atoms with van der Waals surface area (Å²) < 4.78 is 31.1. The van der Waals surface area contributed by atoms with Gasteiger partial charge in [0.15, 0.2) is 0 Å². The second-order valence-corrected chi connectivity index (χ2v) is 5.80. The first-order valence-corrected chi connectivity index (χ1v) is 7.29. The van der Waals surface area contributed by atoms with Gasteiger partial charge in [0.2, 0.25) is 0 Å². The van der Waals surface area contributed by atoms with Crippen LogP contribution in [0.5, 0.6) is 11.5 Å². The Hall–Kier alpha value is -2.58. The van der Waals surface area contributed by atoms with Crippen LogP contribution in [-0.4, -0.2) is 33.2 Å². The first-order chi connectivity index (χ1) is 9.86. The Labute approximate surface area is 119 Å². The molecule has 1 aromatic heterocycles. The van der Waals surface area contributed by atoms with E-state index < -0.39 is 26.5 Å². The molecule has 3 rings (SSSR count). The summed E-state index contributed by atoms with van der Waals surface area (Å²) in [7, 11) is -4.62. The average molecular weight is 306 g/mol. The molecule has 1 heterocycles. The van der Waals surface area contributed by atoms with E-state index in [4.69, 9.17) is 4.55 Å². The van der Waals surface area contributed by atoms with Gasteiger partial charge in [-0.2, -0.15) is 8.42 Å². The number of benzene rings is 2. The molecule has 0 aliphatic heterocycles. The minimum Gasteiger partial charge on any atom is -0.507 e. The summed E-state index contributed by atoms with van der Waals surface area (Å²) in [6, 6.07) is 8.95. The molecule has 21 heavy (non-hydrogen) atoms. The third kappa shape index (κ3) is 2.30. The molecule has 0 atom stereocenters. The molecule has 0 bridgehead atoms. The molecule has 0 aliphatic carbocycles. The zero-order chi connectivity index (χ0) is 15.2. The van der Waals surface area contributed by atoms with Crippen molar-refractivity contribution in [2.45, 2.75) is 4.90 Å². The maximum absolute atomic E-state index is 11.1. The number of para-hydroxylation sites is 2. The van der Waals surface area contributed by atoms with Gasteiger partial charge in [-0.3, -0.25) is 4.55 Å².